The van der Waals surface area contributed by atoms with Gasteiger partial charge in [-0.15, -0.1) is 0 Å². The van der Waals surface area contributed by atoms with Crippen LogP contribution in [0.15, 0.2) is 18.2 Å². The van der Waals surface area contributed by atoms with Crippen molar-refractivity contribution in [2.24, 2.45) is 5.92 Å². The highest BCUT2D eigenvalue weighted by atomic mass is 16.5. The number of ether oxygens (including phenoxy) is 2. The van der Waals surface area contributed by atoms with E-state index in [0.717, 1.165) is 0 Å². The van der Waals surface area contributed by atoms with Crippen molar-refractivity contribution in [3.63, 3.8) is 0 Å². The number of carbonyl (C=O) groups excluding carboxylic acids is 2. The van der Waals surface area contributed by atoms with E-state index in [4.69, 9.17) is 14.6 Å². The lowest BCUT2D eigenvalue weighted by molar-refractivity contribution is -0.141. The van der Waals surface area contributed by atoms with Gasteiger partial charge in [0.2, 0.25) is 11.8 Å². The van der Waals surface area contributed by atoms with Crippen LogP contribution in [0.2, 0.25) is 0 Å². The standard InChI is InChI=1S/C16H20N2O6/c1-9(16(21)22)17-15(20)10-6-14(19)18(8-10)12-5-4-11(23-2)7-13(12)24-3/h4-5,7,9-10H,6,8H2,1-3H3,(H,17,20)(H,21,22)/t9-,10?/m1/s1. The summed E-state index contributed by atoms with van der Waals surface area (Å²) in [6, 6.07) is 4.04. The Morgan fingerprint density at radius 2 is 2.04 bits per heavy atom. The van der Waals surface area contributed by atoms with E-state index in [1.165, 1.54) is 26.0 Å². The number of carboxylic acids is 1. The summed E-state index contributed by atoms with van der Waals surface area (Å²) in [5, 5.41) is 11.2. The van der Waals surface area contributed by atoms with Crippen molar-refractivity contribution in [2.75, 3.05) is 25.7 Å². The van der Waals surface area contributed by atoms with Gasteiger partial charge in [0.05, 0.1) is 25.8 Å². The third-order valence-electron chi connectivity index (χ3n) is 3.90. The second kappa shape index (κ2) is 7.20. The van der Waals surface area contributed by atoms with Crippen LogP contribution in [-0.2, 0) is 14.4 Å². The number of aliphatic carboxylic acids is 1. The largest absolute Gasteiger partial charge is 0.497 e. The van der Waals surface area contributed by atoms with Gasteiger partial charge < -0.3 is 24.8 Å². The Morgan fingerprint density at radius 3 is 2.62 bits per heavy atom. The number of amides is 2. The predicted molar refractivity (Wildman–Crippen MR) is 85.2 cm³/mol. The van der Waals surface area contributed by atoms with Crippen LogP contribution in [0.5, 0.6) is 11.5 Å². The van der Waals surface area contributed by atoms with Crippen LogP contribution in [-0.4, -0.2) is 49.7 Å². The minimum atomic E-state index is -1.12. The molecule has 0 saturated carbocycles. The minimum absolute atomic E-state index is 0.0212. The molecular formula is C16H20N2O6. The summed E-state index contributed by atoms with van der Waals surface area (Å²) in [7, 11) is 3.01. The van der Waals surface area contributed by atoms with Crippen LogP contribution in [0.25, 0.3) is 0 Å². The Hall–Kier alpha value is -2.77. The SMILES string of the molecule is COc1ccc(N2CC(C(=O)N[C@H](C)C(=O)O)CC2=O)c(OC)c1. The van der Waals surface area contributed by atoms with E-state index < -0.39 is 23.8 Å². The molecule has 2 N–H and O–H groups in total. The Morgan fingerprint density at radius 1 is 1.33 bits per heavy atom. The summed E-state index contributed by atoms with van der Waals surface area (Å²) in [5.74, 6) is -1.35. The van der Waals surface area contributed by atoms with Crippen LogP contribution in [0.4, 0.5) is 5.69 Å². The smallest absolute Gasteiger partial charge is 0.325 e. The number of nitrogens with one attached hydrogen (secondary N) is 1. The Balaban J connectivity index is 2.15. The van der Waals surface area contributed by atoms with Crippen LogP contribution in [0, 0.1) is 5.92 Å². The number of methoxy groups -OCH3 is 2. The van der Waals surface area contributed by atoms with E-state index in [1.54, 1.807) is 18.2 Å². The number of carboxylic acid groups (broad SMARTS) is 1. The quantitative estimate of drug-likeness (QED) is 0.790. The van der Waals surface area contributed by atoms with Gasteiger partial charge in [0.1, 0.15) is 17.5 Å². The molecule has 0 spiro atoms. The number of hydrogen-bond donors (Lipinski definition) is 2. The normalized spacial score (nSPS) is 18.2. The highest BCUT2D eigenvalue weighted by molar-refractivity contribution is 6.01. The Kier molecular flexibility index (Phi) is 5.28. The lowest BCUT2D eigenvalue weighted by Crippen LogP contribution is -2.42. The number of carbonyl (C=O) groups is 3. The van der Waals surface area contributed by atoms with Gasteiger partial charge in [0, 0.05) is 19.0 Å². The van der Waals surface area contributed by atoms with Crippen molar-refractivity contribution in [1.82, 2.24) is 5.32 Å². The second-order valence-corrected chi connectivity index (χ2v) is 5.51. The number of rotatable bonds is 6. The fourth-order valence-corrected chi connectivity index (χ4v) is 2.52. The molecule has 8 heteroatoms. The van der Waals surface area contributed by atoms with Gasteiger partial charge in [0.15, 0.2) is 0 Å². The highest BCUT2D eigenvalue weighted by Crippen LogP contribution is 2.35. The zero-order valence-corrected chi connectivity index (χ0v) is 13.7. The summed E-state index contributed by atoms with van der Waals surface area (Å²) in [6.45, 7) is 1.54. The van der Waals surface area contributed by atoms with Crippen molar-refractivity contribution in [3.05, 3.63) is 18.2 Å². The van der Waals surface area contributed by atoms with Crippen molar-refractivity contribution < 1.29 is 29.0 Å². The van der Waals surface area contributed by atoms with Crippen LogP contribution in [0.1, 0.15) is 13.3 Å². The summed E-state index contributed by atoms with van der Waals surface area (Å²) in [4.78, 5) is 36.7. The Labute approximate surface area is 139 Å². The average molecular weight is 336 g/mol. The monoisotopic (exact) mass is 336 g/mol. The van der Waals surface area contributed by atoms with Crippen LogP contribution >= 0.6 is 0 Å². The van der Waals surface area contributed by atoms with E-state index in [2.05, 4.69) is 5.32 Å². The van der Waals surface area contributed by atoms with Gasteiger partial charge in [-0.1, -0.05) is 0 Å². The van der Waals surface area contributed by atoms with Gasteiger partial charge in [-0.25, -0.2) is 0 Å². The minimum Gasteiger partial charge on any atom is -0.497 e. The third kappa shape index (κ3) is 3.58. The molecule has 1 aliphatic rings. The van der Waals surface area contributed by atoms with Gasteiger partial charge >= 0.3 is 5.97 Å². The molecule has 1 saturated heterocycles. The molecule has 1 aliphatic heterocycles. The molecule has 8 nitrogen and oxygen atoms in total. The number of anilines is 1. The summed E-state index contributed by atoms with van der Waals surface area (Å²) >= 11 is 0. The fourth-order valence-electron chi connectivity index (χ4n) is 2.52. The third-order valence-corrected chi connectivity index (χ3v) is 3.90. The van der Waals surface area contributed by atoms with Crippen molar-refractivity contribution in [2.45, 2.75) is 19.4 Å². The first-order valence-electron chi connectivity index (χ1n) is 7.43. The first-order chi connectivity index (χ1) is 11.4. The molecule has 130 valence electrons. The molecule has 1 unspecified atom stereocenters. The number of benzene rings is 1. The topological polar surface area (TPSA) is 105 Å². The van der Waals surface area contributed by atoms with E-state index in [1.807, 2.05) is 0 Å². The summed E-state index contributed by atoms with van der Waals surface area (Å²) in [5.41, 5.74) is 0.546. The molecular weight excluding hydrogens is 316 g/mol. The molecule has 0 aromatic heterocycles. The van der Waals surface area contributed by atoms with Gasteiger partial charge in [-0.3, -0.25) is 14.4 Å². The molecule has 2 atom stereocenters. The second-order valence-electron chi connectivity index (χ2n) is 5.51. The first-order valence-corrected chi connectivity index (χ1v) is 7.43. The molecule has 1 fully saturated rings. The molecule has 24 heavy (non-hydrogen) atoms. The fraction of sp³-hybridized carbons (Fsp3) is 0.438. The van der Waals surface area contributed by atoms with Crippen LogP contribution in [0.3, 0.4) is 0 Å². The molecule has 0 radical (unpaired) electrons. The average Bonchev–Trinajstić information content (AvgIpc) is 2.95. The maximum atomic E-state index is 12.3. The molecule has 1 heterocycles. The van der Waals surface area contributed by atoms with E-state index >= 15 is 0 Å². The maximum Gasteiger partial charge on any atom is 0.325 e. The zero-order valence-electron chi connectivity index (χ0n) is 13.7. The highest BCUT2D eigenvalue weighted by Gasteiger charge is 2.37. The lowest BCUT2D eigenvalue weighted by Gasteiger charge is -2.20. The van der Waals surface area contributed by atoms with Crippen LogP contribution < -0.4 is 19.7 Å². The van der Waals surface area contributed by atoms with Crippen molar-refractivity contribution >= 4 is 23.5 Å². The summed E-state index contributed by atoms with van der Waals surface area (Å²) in [6.07, 6.45) is 0.0212. The maximum absolute atomic E-state index is 12.3. The lowest BCUT2D eigenvalue weighted by atomic mass is 10.1. The van der Waals surface area contributed by atoms with E-state index in [0.29, 0.717) is 17.2 Å². The van der Waals surface area contributed by atoms with Crippen molar-refractivity contribution in [3.8, 4) is 11.5 Å². The van der Waals surface area contributed by atoms with E-state index in [-0.39, 0.29) is 18.9 Å². The van der Waals surface area contributed by atoms with Gasteiger partial charge in [0.25, 0.3) is 0 Å². The van der Waals surface area contributed by atoms with E-state index in [9.17, 15) is 14.4 Å². The molecule has 0 aliphatic carbocycles. The molecule has 1 aromatic carbocycles. The molecule has 2 rings (SSSR count). The summed E-state index contributed by atoms with van der Waals surface area (Å²) < 4.78 is 10.4. The van der Waals surface area contributed by atoms with Gasteiger partial charge in [-0.2, -0.15) is 0 Å². The number of nitrogens with zero attached hydrogens (tertiary/aromatic N) is 1. The zero-order chi connectivity index (χ0) is 17.9. The molecule has 2 amide bonds. The predicted octanol–water partition coefficient (Wildman–Crippen LogP) is 0.646. The number of hydrogen-bond acceptors (Lipinski definition) is 5. The Bertz CT molecular complexity index is 660. The molecule has 1 aromatic rings. The van der Waals surface area contributed by atoms with Gasteiger partial charge in [-0.05, 0) is 19.1 Å². The molecule has 0 bridgehead atoms. The van der Waals surface area contributed by atoms with Crippen molar-refractivity contribution in [1.29, 1.82) is 0 Å². The first kappa shape index (κ1) is 17.6.